The number of benzene rings is 1. The number of nitrogens with one attached hydrogen (secondary N) is 2. The number of amides is 3. The van der Waals surface area contributed by atoms with Crippen molar-refractivity contribution in [2.75, 3.05) is 31.4 Å². The lowest BCUT2D eigenvalue weighted by atomic mass is 10.2. The Kier molecular flexibility index (Phi) is 5.57. The van der Waals surface area contributed by atoms with Gasteiger partial charge in [0, 0.05) is 41.7 Å². The standard InChI is InChI=1S/C20H20N4O5S/c1-27-14-7-13(8-15(9-14)28-2)21-20(26)24-5-3-16-17(10-24)30-19(22-16)23-18(25)12-4-6-29-11-12/h4,6-9,11H,3,5,10H2,1-2H3,(H,21,26)(H,22,23,25). The van der Waals surface area contributed by atoms with Gasteiger partial charge in [0.15, 0.2) is 5.13 Å². The van der Waals surface area contributed by atoms with Crippen LogP contribution in [0.3, 0.4) is 0 Å². The van der Waals surface area contributed by atoms with Gasteiger partial charge in [0.05, 0.1) is 38.3 Å². The first-order valence-electron chi connectivity index (χ1n) is 9.17. The maximum atomic E-state index is 12.8. The van der Waals surface area contributed by atoms with E-state index in [1.54, 1.807) is 43.4 Å². The van der Waals surface area contributed by atoms with Crippen molar-refractivity contribution in [3.8, 4) is 11.5 Å². The summed E-state index contributed by atoms with van der Waals surface area (Å²) >= 11 is 1.37. The molecule has 156 valence electrons. The van der Waals surface area contributed by atoms with E-state index in [2.05, 4.69) is 15.6 Å². The van der Waals surface area contributed by atoms with Crippen molar-refractivity contribution < 1.29 is 23.5 Å². The average Bonchev–Trinajstić information content (AvgIpc) is 3.42. The summed E-state index contributed by atoms with van der Waals surface area (Å²) in [6.07, 6.45) is 3.43. The average molecular weight is 428 g/mol. The van der Waals surface area contributed by atoms with Crippen LogP contribution in [-0.4, -0.2) is 42.6 Å². The molecule has 3 heterocycles. The summed E-state index contributed by atoms with van der Waals surface area (Å²) in [6, 6.07) is 6.55. The SMILES string of the molecule is COc1cc(NC(=O)N2CCc3nc(NC(=O)c4ccoc4)sc3C2)cc(OC)c1. The summed E-state index contributed by atoms with van der Waals surface area (Å²) in [4.78, 5) is 32.1. The number of carbonyl (C=O) groups is 2. The van der Waals surface area contributed by atoms with Crippen LogP contribution in [0.15, 0.2) is 41.2 Å². The lowest BCUT2D eigenvalue weighted by Crippen LogP contribution is -2.38. The summed E-state index contributed by atoms with van der Waals surface area (Å²) in [5.74, 6) is 0.897. The fourth-order valence-electron chi connectivity index (χ4n) is 3.07. The summed E-state index contributed by atoms with van der Waals surface area (Å²) in [5, 5.41) is 6.16. The van der Waals surface area contributed by atoms with Crippen LogP contribution in [0.1, 0.15) is 20.9 Å². The second-order valence-corrected chi connectivity index (χ2v) is 7.64. The molecule has 0 atom stereocenters. The number of hydrogen-bond acceptors (Lipinski definition) is 7. The zero-order valence-corrected chi connectivity index (χ0v) is 17.2. The lowest BCUT2D eigenvalue weighted by Gasteiger charge is -2.26. The third-order valence-electron chi connectivity index (χ3n) is 4.62. The van der Waals surface area contributed by atoms with E-state index in [4.69, 9.17) is 13.9 Å². The van der Waals surface area contributed by atoms with Crippen LogP contribution in [0.2, 0.25) is 0 Å². The smallest absolute Gasteiger partial charge is 0.322 e. The minimum atomic E-state index is -0.281. The first kappa shape index (κ1) is 19.8. The van der Waals surface area contributed by atoms with E-state index >= 15 is 0 Å². The molecular weight excluding hydrogens is 408 g/mol. The van der Waals surface area contributed by atoms with Crippen molar-refractivity contribution in [3.05, 3.63) is 52.9 Å². The molecule has 2 aromatic heterocycles. The second kappa shape index (κ2) is 8.46. The predicted octanol–water partition coefficient (Wildman–Crippen LogP) is 3.60. The molecule has 1 aliphatic rings. The van der Waals surface area contributed by atoms with Crippen molar-refractivity contribution in [3.63, 3.8) is 0 Å². The van der Waals surface area contributed by atoms with E-state index in [0.29, 0.717) is 47.4 Å². The van der Waals surface area contributed by atoms with Crippen molar-refractivity contribution in [2.45, 2.75) is 13.0 Å². The Morgan fingerprint density at radius 2 is 1.93 bits per heavy atom. The topological polar surface area (TPSA) is 106 Å². The molecule has 1 aliphatic heterocycles. The number of methoxy groups -OCH3 is 2. The molecule has 0 radical (unpaired) electrons. The molecule has 0 spiro atoms. The highest BCUT2D eigenvalue weighted by Gasteiger charge is 2.25. The van der Waals surface area contributed by atoms with E-state index in [9.17, 15) is 9.59 Å². The molecule has 2 N–H and O–H groups in total. The molecule has 0 bridgehead atoms. The Morgan fingerprint density at radius 1 is 1.17 bits per heavy atom. The largest absolute Gasteiger partial charge is 0.497 e. The van der Waals surface area contributed by atoms with Crippen LogP contribution in [0.4, 0.5) is 15.6 Å². The highest BCUT2D eigenvalue weighted by atomic mass is 32.1. The monoisotopic (exact) mass is 428 g/mol. The van der Waals surface area contributed by atoms with Crippen LogP contribution in [-0.2, 0) is 13.0 Å². The first-order valence-corrected chi connectivity index (χ1v) is 9.98. The minimum absolute atomic E-state index is 0.228. The van der Waals surface area contributed by atoms with Crippen LogP contribution in [0.5, 0.6) is 11.5 Å². The zero-order valence-electron chi connectivity index (χ0n) is 16.4. The van der Waals surface area contributed by atoms with Crippen LogP contribution < -0.4 is 20.1 Å². The number of carbonyl (C=O) groups excluding carboxylic acids is 2. The molecule has 0 saturated heterocycles. The Labute approximate surface area is 176 Å². The maximum absolute atomic E-state index is 12.8. The third-order valence-corrected chi connectivity index (χ3v) is 5.62. The number of anilines is 2. The summed E-state index contributed by atoms with van der Waals surface area (Å²) in [6.45, 7) is 0.945. The molecular formula is C20H20N4O5S. The van der Waals surface area contributed by atoms with E-state index in [1.807, 2.05) is 0 Å². The van der Waals surface area contributed by atoms with Crippen LogP contribution in [0, 0.1) is 0 Å². The molecule has 0 aliphatic carbocycles. The maximum Gasteiger partial charge on any atom is 0.322 e. The molecule has 10 heteroatoms. The quantitative estimate of drug-likeness (QED) is 0.643. The highest BCUT2D eigenvalue weighted by molar-refractivity contribution is 7.15. The Bertz CT molecular complexity index is 1040. The number of rotatable bonds is 5. The Hall–Kier alpha value is -3.53. The highest BCUT2D eigenvalue weighted by Crippen LogP contribution is 2.30. The molecule has 0 unspecified atom stereocenters. The molecule has 9 nitrogen and oxygen atoms in total. The Morgan fingerprint density at radius 3 is 2.60 bits per heavy atom. The van der Waals surface area contributed by atoms with E-state index in [1.165, 1.54) is 23.9 Å². The first-order chi connectivity index (χ1) is 14.6. The van der Waals surface area contributed by atoms with Gasteiger partial charge < -0.3 is 24.1 Å². The molecule has 3 aromatic rings. The van der Waals surface area contributed by atoms with Crippen LogP contribution in [0.25, 0.3) is 0 Å². The zero-order chi connectivity index (χ0) is 21.1. The van der Waals surface area contributed by atoms with Crippen molar-refractivity contribution in [1.29, 1.82) is 0 Å². The number of ether oxygens (including phenoxy) is 2. The van der Waals surface area contributed by atoms with Crippen molar-refractivity contribution in [1.82, 2.24) is 9.88 Å². The number of urea groups is 1. The predicted molar refractivity (Wildman–Crippen MR) is 111 cm³/mol. The van der Waals surface area contributed by atoms with E-state index in [0.717, 1.165) is 10.6 Å². The molecule has 30 heavy (non-hydrogen) atoms. The van der Waals surface area contributed by atoms with Crippen molar-refractivity contribution >= 4 is 34.1 Å². The van der Waals surface area contributed by atoms with Gasteiger partial charge in [-0.2, -0.15) is 0 Å². The van der Waals surface area contributed by atoms with Gasteiger partial charge in [-0.25, -0.2) is 9.78 Å². The summed E-state index contributed by atoms with van der Waals surface area (Å²) in [7, 11) is 3.11. The number of thiazole rings is 1. The van der Waals surface area contributed by atoms with Gasteiger partial charge in [0.1, 0.15) is 17.8 Å². The van der Waals surface area contributed by atoms with E-state index < -0.39 is 0 Å². The normalized spacial score (nSPS) is 12.8. The fourth-order valence-corrected chi connectivity index (χ4v) is 4.09. The molecule has 0 fully saturated rings. The van der Waals surface area contributed by atoms with E-state index in [-0.39, 0.29) is 11.9 Å². The van der Waals surface area contributed by atoms with Gasteiger partial charge in [-0.3, -0.25) is 10.1 Å². The summed E-state index contributed by atoms with van der Waals surface area (Å²) < 4.78 is 15.4. The lowest BCUT2D eigenvalue weighted by molar-refractivity contribution is 0.102. The molecule has 4 rings (SSSR count). The third kappa shape index (κ3) is 4.23. The molecule has 1 aromatic carbocycles. The van der Waals surface area contributed by atoms with Gasteiger partial charge in [-0.15, -0.1) is 0 Å². The Balaban J connectivity index is 1.42. The van der Waals surface area contributed by atoms with Gasteiger partial charge in [0.2, 0.25) is 0 Å². The summed E-state index contributed by atoms with van der Waals surface area (Å²) in [5.41, 5.74) is 1.91. The van der Waals surface area contributed by atoms with Gasteiger partial charge in [-0.05, 0) is 6.07 Å². The number of furan rings is 1. The van der Waals surface area contributed by atoms with Crippen molar-refractivity contribution in [2.24, 2.45) is 0 Å². The number of nitrogens with zero attached hydrogens (tertiary/aromatic N) is 2. The number of fused-ring (bicyclic) bond motifs is 1. The molecule has 3 amide bonds. The second-order valence-electron chi connectivity index (χ2n) is 6.56. The molecule has 0 saturated carbocycles. The van der Waals surface area contributed by atoms with Gasteiger partial charge >= 0.3 is 6.03 Å². The number of hydrogen-bond donors (Lipinski definition) is 2. The number of aromatic nitrogens is 1. The van der Waals surface area contributed by atoms with Crippen LogP contribution >= 0.6 is 11.3 Å². The minimum Gasteiger partial charge on any atom is -0.497 e. The fraction of sp³-hybridized carbons (Fsp3) is 0.250. The van der Waals surface area contributed by atoms with Gasteiger partial charge in [-0.1, -0.05) is 11.3 Å². The van der Waals surface area contributed by atoms with Gasteiger partial charge in [0.25, 0.3) is 5.91 Å².